The molecule has 0 spiro atoms. The van der Waals surface area contributed by atoms with Gasteiger partial charge < -0.3 is 35.1 Å². The van der Waals surface area contributed by atoms with Crippen molar-refractivity contribution >= 4 is 28.7 Å². The van der Waals surface area contributed by atoms with Crippen molar-refractivity contribution in [2.75, 3.05) is 20.3 Å². The molecule has 49 heavy (non-hydrogen) atoms. The minimum Gasteiger partial charge on any atom is -0.458 e. The van der Waals surface area contributed by atoms with Crippen molar-refractivity contribution in [2.24, 2.45) is 5.73 Å². The molecule has 2 aliphatic heterocycles. The molecule has 2 amide bonds. The van der Waals surface area contributed by atoms with Gasteiger partial charge in [0.25, 0.3) is 11.5 Å². The summed E-state index contributed by atoms with van der Waals surface area (Å²) in [6.45, 7) is 2.73. The number of halogens is 1. The summed E-state index contributed by atoms with van der Waals surface area (Å²) in [5, 5.41) is 14.6. The van der Waals surface area contributed by atoms with Crippen molar-refractivity contribution in [1.29, 1.82) is 0 Å². The molecule has 1 aliphatic carbocycles. The largest absolute Gasteiger partial charge is 0.458 e. The van der Waals surface area contributed by atoms with Crippen LogP contribution in [0.25, 0.3) is 22.3 Å². The number of carbonyl (C=O) groups excluding carboxylic acids is 3. The monoisotopic (exact) mass is 669 g/mol. The number of aryl methyl sites for hydroxylation is 1. The van der Waals surface area contributed by atoms with E-state index in [9.17, 15) is 24.3 Å². The number of fused-ring (bicyclic) bond motifs is 5. The maximum atomic E-state index is 15.4. The van der Waals surface area contributed by atoms with Crippen molar-refractivity contribution in [3.05, 3.63) is 97.6 Å². The number of nitrogens with two attached hydrogens (primary N) is 1. The summed E-state index contributed by atoms with van der Waals surface area (Å²) in [5.74, 6) is -2.04. The second-order valence-electron chi connectivity index (χ2n) is 12.7. The molecule has 254 valence electrons. The third kappa shape index (κ3) is 5.03. The number of pyridine rings is 2. The van der Waals surface area contributed by atoms with E-state index in [1.54, 1.807) is 56.1 Å². The number of nitrogens with one attached hydrogen (secondary N) is 1. The van der Waals surface area contributed by atoms with E-state index < -0.39 is 41.0 Å². The highest BCUT2D eigenvalue weighted by Gasteiger charge is 2.46. The Balaban J connectivity index is 1.38. The number of amides is 2. The molecule has 7 rings (SSSR count). The fourth-order valence-electron chi connectivity index (χ4n) is 7.47. The molecule has 4 aromatic rings. The number of benzene rings is 2. The van der Waals surface area contributed by atoms with Crippen LogP contribution in [0.15, 0.2) is 47.3 Å². The van der Waals surface area contributed by atoms with Gasteiger partial charge in [-0.2, -0.15) is 0 Å². The van der Waals surface area contributed by atoms with E-state index in [0.29, 0.717) is 46.4 Å². The number of carbonyl (C=O) groups is 3. The van der Waals surface area contributed by atoms with Crippen LogP contribution >= 0.6 is 0 Å². The average molecular weight is 670 g/mol. The van der Waals surface area contributed by atoms with Crippen molar-refractivity contribution in [1.82, 2.24) is 19.8 Å². The number of aromatic nitrogens is 2. The van der Waals surface area contributed by atoms with Crippen LogP contribution in [0.5, 0.6) is 0 Å². The Morgan fingerprint density at radius 1 is 1.22 bits per heavy atom. The van der Waals surface area contributed by atoms with Crippen LogP contribution in [0, 0.1) is 12.7 Å². The van der Waals surface area contributed by atoms with Gasteiger partial charge in [0.2, 0.25) is 5.91 Å². The van der Waals surface area contributed by atoms with E-state index in [4.69, 9.17) is 20.2 Å². The third-order valence-electron chi connectivity index (χ3n) is 10.2. The predicted octanol–water partition coefficient (Wildman–Crippen LogP) is 2.76. The van der Waals surface area contributed by atoms with E-state index >= 15 is 4.39 Å². The minimum absolute atomic E-state index is 0.00559. The lowest BCUT2D eigenvalue weighted by atomic mass is 9.81. The highest BCUT2D eigenvalue weighted by molar-refractivity contribution is 5.94. The van der Waals surface area contributed by atoms with E-state index in [1.807, 2.05) is 6.07 Å². The molecule has 4 N–H and O–H groups in total. The maximum Gasteiger partial charge on any atom is 0.343 e. The number of hydrogen-bond donors (Lipinski definition) is 3. The zero-order chi connectivity index (χ0) is 34.8. The van der Waals surface area contributed by atoms with E-state index in [0.717, 1.165) is 16.5 Å². The number of ether oxygens (including phenoxy) is 2. The second-order valence-corrected chi connectivity index (χ2v) is 12.7. The summed E-state index contributed by atoms with van der Waals surface area (Å²) in [7, 11) is 1.68. The lowest BCUT2D eigenvalue weighted by Gasteiger charge is -2.36. The van der Waals surface area contributed by atoms with Gasteiger partial charge in [0.15, 0.2) is 11.7 Å². The molecule has 12 nitrogen and oxygen atoms in total. The predicted molar refractivity (Wildman–Crippen MR) is 175 cm³/mol. The number of rotatable bonds is 8. The molecule has 3 atom stereocenters. The molecule has 0 bridgehead atoms. The molecular weight excluding hydrogens is 633 g/mol. The Bertz CT molecular complexity index is 2120. The van der Waals surface area contributed by atoms with Gasteiger partial charge >= 0.3 is 5.97 Å². The van der Waals surface area contributed by atoms with Crippen molar-refractivity contribution in [3.63, 3.8) is 0 Å². The van der Waals surface area contributed by atoms with Crippen molar-refractivity contribution < 1.29 is 33.4 Å². The summed E-state index contributed by atoms with van der Waals surface area (Å²) in [5.41, 5.74) is 7.88. The number of hydrogen-bond acceptors (Lipinski definition) is 9. The number of cyclic esters (lactones) is 1. The molecule has 0 saturated heterocycles. The Morgan fingerprint density at radius 2 is 1.98 bits per heavy atom. The molecule has 1 unspecified atom stereocenters. The highest BCUT2D eigenvalue weighted by atomic mass is 19.1. The first kappa shape index (κ1) is 32.6. The molecular formula is C36H36FN5O7. The van der Waals surface area contributed by atoms with Crippen LogP contribution in [0.3, 0.4) is 0 Å². The molecule has 2 aromatic heterocycles. The molecule has 3 aliphatic rings. The van der Waals surface area contributed by atoms with Crippen LogP contribution in [-0.2, 0) is 49.0 Å². The zero-order valence-electron chi connectivity index (χ0n) is 27.3. The molecule has 0 fully saturated rings. The molecule has 2 aromatic carbocycles. The molecule has 0 radical (unpaired) electrons. The van der Waals surface area contributed by atoms with E-state index in [1.165, 1.54) is 10.6 Å². The number of esters is 1. The van der Waals surface area contributed by atoms with Crippen LogP contribution in [0.4, 0.5) is 4.39 Å². The highest BCUT2D eigenvalue weighted by Crippen LogP contribution is 2.47. The Kier molecular flexibility index (Phi) is 8.08. The standard InChI is InChI=1S/C36H36FN5O7/c1-4-36(47)23-12-27-31-21(15-42(27)33(44)22(23)16-48-35(36)46)30-26(11-10-20-18(2)24(37)13-25(40-31)29(20)30)41(3)34(45)32(19-8-6-5-7-9-19)49-17-39-28(43)14-38/h5-9,12-13,26,32,47H,4,10-11,14-17,38H2,1-3H3,(H,39,43)/t26-,32?,36-/m0/s1. The lowest BCUT2D eigenvalue weighted by molar-refractivity contribution is -0.172. The summed E-state index contributed by atoms with van der Waals surface area (Å²) in [4.78, 5) is 59.4. The van der Waals surface area contributed by atoms with Crippen LogP contribution in [0.1, 0.15) is 70.9 Å². The fraction of sp³-hybridized carbons (Fsp3) is 0.361. The summed E-state index contributed by atoms with van der Waals surface area (Å²) in [6.07, 6.45) is -0.143. The summed E-state index contributed by atoms with van der Waals surface area (Å²) < 4.78 is 28.1. The van der Waals surface area contributed by atoms with Crippen LogP contribution in [-0.4, -0.2) is 57.7 Å². The van der Waals surface area contributed by atoms with Crippen molar-refractivity contribution in [2.45, 2.75) is 64.0 Å². The van der Waals surface area contributed by atoms with Crippen LogP contribution in [0.2, 0.25) is 0 Å². The van der Waals surface area contributed by atoms with Gasteiger partial charge in [0, 0.05) is 29.6 Å². The quantitative estimate of drug-likeness (QED) is 0.166. The summed E-state index contributed by atoms with van der Waals surface area (Å²) in [6, 6.07) is 11.4. The van der Waals surface area contributed by atoms with Crippen LogP contribution < -0.4 is 16.6 Å². The maximum absolute atomic E-state index is 15.4. The number of aliphatic hydroxyl groups is 1. The SMILES string of the molecule is CC[C@@]1(O)C(=O)OCc2c1cc1n(c2=O)Cc2c-1nc1cc(F)c(C)c3c1c2[C@@H](N(C)C(=O)C(OCNC(=O)CN)c1ccccc1)CC3. The van der Waals surface area contributed by atoms with Gasteiger partial charge in [0.05, 0.1) is 41.6 Å². The van der Waals surface area contributed by atoms with Gasteiger partial charge in [-0.3, -0.25) is 14.4 Å². The Morgan fingerprint density at radius 3 is 2.69 bits per heavy atom. The first-order valence-corrected chi connectivity index (χ1v) is 16.2. The number of nitrogens with zero attached hydrogens (tertiary/aromatic N) is 3. The topological polar surface area (TPSA) is 166 Å². The van der Waals surface area contributed by atoms with Gasteiger partial charge in [0.1, 0.15) is 19.2 Å². The van der Waals surface area contributed by atoms with E-state index in [-0.39, 0.29) is 49.9 Å². The minimum atomic E-state index is -2.00. The first-order chi connectivity index (χ1) is 23.5. The molecule has 4 heterocycles. The van der Waals surface area contributed by atoms with Crippen molar-refractivity contribution in [3.8, 4) is 11.4 Å². The van der Waals surface area contributed by atoms with Gasteiger partial charge in [-0.25, -0.2) is 14.2 Å². The Labute approximate surface area is 280 Å². The average Bonchev–Trinajstić information content (AvgIpc) is 3.49. The van der Waals surface area contributed by atoms with Gasteiger partial charge in [-0.05, 0) is 54.5 Å². The summed E-state index contributed by atoms with van der Waals surface area (Å²) >= 11 is 0. The number of likely N-dealkylation sites (N-methyl/N-ethyl adjacent to an activating group) is 1. The van der Waals surface area contributed by atoms with Gasteiger partial charge in [-0.15, -0.1) is 0 Å². The molecule has 13 heteroatoms. The third-order valence-corrected chi connectivity index (χ3v) is 10.2. The lowest BCUT2D eigenvalue weighted by Crippen LogP contribution is -2.44. The van der Waals surface area contributed by atoms with E-state index in [2.05, 4.69) is 5.32 Å². The zero-order valence-corrected chi connectivity index (χ0v) is 27.3. The smallest absolute Gasteiger partial charge is 0.343 e. The van der Waals surface area contributed by atoms with Gasteiger partial charge in [-0.1, -0.05) is 37.3 Å². The second kappa shape index (κ2) is 12.2. The first-order valence-electron chi connectivity index (χ1n) is 16.2. The normalized spacial score (nSPS) is 19.5. The molecule has 0 saturated carbocycles. The Hall–Kier alpha value is -4.98. The fourth-order valence-corrected chi connectivity index (χ4v) is 7.47.